The monoisotopic (exact) mass is 210 g/mol. The zero-order valence-electron chi connectivity index (χ0n) is 8.49. The highest BCUT2D eigenvalue weighted by molar-refractivity contribution is 5.91. The molecule has 0 radical (unpaired) electrons. The van der Waals surface area contributed by atoms with Gasteiger partial charge in [-0.2, -0.15) is 0 Å². The Morgan fingerprint density at radius 3 is 2.93 bits per heavy atom. The van der Waals surface area contributed by atoms with Crippen LogP contribution in [0.1, 0.15) is 6.92 Å². The van der Waals surface area contributed by atoms with Gasteiger partial charge in [0.25, 0.3) is 0 Å². The van der Waals surface area contributed by atoms with Crippen molar-refractivity contribution >= 4 is 17.3 Å². The maximum Gasteiger partial charge on any atom is 0.221 e. The molecule has 0 spiro atoms. The van der Waals surface area contributed by atoms with Crippen molar-refractivity contribution in [2.45, 2.75) is 6.92 Å². The van der Waals surface area contributed by atoms with Crippen molar-refractivity contribution in [3.8, 4) is 5.75 Å². The maximum absolute atomic E-state index is 10.9. The number of ether oxygens (including phenoxy) is 1. The number of benzene rings is 1. The Balaban J connectivity index is 2.87. The van der Waals surface area contributed by atoms with Crippen molar-refractivity contribution in [3.63, 3.8) is 0 Å². The first-order valence-corrected chi connectivity index (χ1v) is 4.54. The van der Waals surface area contributed by atoms with E-state index in [1.807, 2.05) is 0 Å². The van der Waals surface area contributed by atoms with E-state index in [0.717, 1.165) is 0 Å². The average molecular weight is 210 g/mol. The molecule has 0 bridgehead atoms. The third-order valence-electron chi connectivity index (χ3n) is 1.66. The number of hydrogen-bond acceptors (Lipinski definition) is 4. The Morgan fingerprint density at radius 2 is 2.33 bits per heavy atom. The van der Waals surface area contributed by atoms with Crippen LogP contribution in [0.2, 0.25) is 0 Å². The molecule has 1 aromatic rings. The number of carbonyl (C=O) groups excluding carboxylic acids is 1. The SMILES string of the molecule is CC(=O)Nc1cc(N)ccc1OCCO. The second kappa shape index (κ2) is 5.21. The molecule has 1 rings (SSSR count). The standard InChI is InChI=1S/C10H14N2O3/c1-7(14)12-9-6-8(11)2-3-10(9)15-5-4-13/h2-3,6,13H,4-5,11H2,1H3,(H,12,14). The van der Waals surface area contributed by atoms with Crippen LogP contribution in [-0.2, 0) is 4.79 Å². The van der Waals surface area contributed by atoms with E-state index < -0.39 is 0 Å². The lowest BCUT2D eigenvalue weighted by Gasteiger charge is -2.11. The van der Waals surface area contributed by atoms with Gasteiger partial charge < -0.3 is 20.9 Å². The number of hydrogen-bond donors (Lipinski definition) is 3. The minimum Gasteiger partial charge on any atom is -0.489 e. The molecule has 82 valence electrons. The third-order valence-corrected chi connectivity index (χ3v) is 1.66. The Bertz CT molecular complexity index is 353. The first-order chi connectivity index (χ1) is 7.13. The van der Waals surface area contributed by atoms with Crippen LogP contribution in [0, 0.1) is 0 Å². The molecule has 0 unspecified atom stereocenters. The molecule has 15 heavy (non-hydrogen) atoms. The van der Waals surface area contributed by atoms with Gasteiger partial charge >= 0.3 is 0 Å². The highest BCUT2D eigenvalue weighted by Crippen LogP contribution is 2.26. The minimum absolute atomic E-state index is 0.0795. The zero-order chi connectivity index (χ0) is 11.3. The smallest absolute Gasteiger partial charge is 0.221 e. The Labute approximate surface area is 87.9 Å². The van der Waals surface area contributed by atoms with Crippen molar-refractivity contribution in [3.05, 3.63) is 18.2 Å². The van der Waals surface area contributed by atoms with Crippen LogP contribution in [0.5, 0.6) is 5.75 Å². The van der Waals surface area contributed by atoms with Crippen LogP contribution in [0.3, 0.4) is 0 Å². The minimum atomic E-state index is -0.200. The van der Waals surface area contributed by atoms with Gasteiger partial charge in [0.15, 0.2) is 0 Å². The summed E-state index contributed by atoms with van der Waals surface area (Å²) in [5.41, 5.74) is 6.62. The number of anilines is 2. The summed E-state index contributed by atoms with van der Waals surface area (Å²) in [6, 6.07) is 4.92. The molecule has 0 aliphatic heterocycles. The van der Waals surface area contributed by atoms with E-state index in [0.29, 0.717) is 17.1 Å². The molecule has 0 saturated carbocycles. The summed E-state index contributed by atoms with van der Waals surface area (Å²) in [6.45, 7) is 1.50. The summed E-state index contributed by atoms with van der Waals surface area (Å²) >= 11 is 0. The van der Waals surface area contributed by atoms with Crippen molar-refractivity contribution in [2.75, 3.05) is 24.3 Å². The zero-order valence-corrected chi connectivity index (χ0v) is 8.49. The first-order valence-electron chi connectivity index (χ1n) is 4.54. The van der Waals surface area contributed by atoms with Crippen molar-refractivity contribution in [2.24, 2.45) is 0 Å². The van der Waals surface area contributed by atoms with Gasteiger partial charge in [0.1, 0.15) is 12.4 Å². The summed E-state index contributed by atoms with van der Waals surface area (Å²) in [4.78, 5) is 10.9. The Hall–Kier alpha value is -1.75. The maximum atomic E-state index is 10.9. The van der Waals surface area contributed by atoms with Crippen LogP contribution in [0.25, 0.3) is 0 Å². The molecule has 5 nitrogen and oxygen atoms in total. The first kappa shape index (κ1) is 11.3. The summed E-state index contributed by atoms with van der Waals surface area (Å²) < 4.78 is 5.22. The van der Waals surface area contributed by atoms with E-state index in [2.05, 4.69) is 5.32 Å². The van der Waals surface area contributed by atoms with Gasteiger partial charge in [0.05, 0.1) is 12.3 Å². The number of rotatable bonds is 4. The molecule has 0 atom stereocenters. The predicted molar refractivity (Wildman–Crippen MR) is 57.7 cm³/mol. The molecule has 1 amide bonds. The highest BCUT2D eigenvalue weighted by Gasteiger charge is 2.05. The molecule has 0 aliphatic rings. The van der Waals surface area contributed by atoms with Crippen LogP contribution in [0.15, 0.2) is 18.2 Å². The molecule has 5 heteroatoms. The summed E-state index contributed by atoms with van der Waals surface area (Å²) in [7, 11) is 0. The topological polar surface area (TPSA) is 84.6 Å². The fourth-order valence-electron chi connectivity index (χ4n) is 1.12. The number of amides is 1. The van der Waals surface area contributed by atoms with E-state index in [1.54, 1.807) is 18.2 Å². The third kappa shape index (κ3) is 3.47. The number of aliphatic hydroxyl groups is 1. The van der Waals surface area contributed by atoms with Gasteiger partial charge in [0, 0.05) is 12.6 Å². The van der Waals surface area contributed by atoms with E-state index in [4.69, 9.17) is 15.6 Å². The van der Waals surface area contributed by atoms with Gasteiger partial charge in [-0.1, -0.05) is 0 Å². The lowest BCUT2D eigenvalue weighted by molar-refractivity contribution is -0.114. The quantitative estimate of drug-likeness (QED) is 0.635. The number of carbonyl (C=O) groups is 1. The molecule has 0 fully saturated rings. The van der Waals surface area contributed by atoms with Gasteiger partial charge in [0.2, 0.25) is 5.91 Å². The predicted octanol–water partition coefficient (Wildman–Crippen LogP) is 0.598. The molecular weight excluding hydrogens is 196 g/mol. The Kier molecular flexibility index (Phi) is 3.93. The highest BCUT2D eigenvalue weighted by atomic mass is 16.5. The van der Waals surface area contributed by atoms with Crippen molar-refractivity contribution in [1.82, 2.24) is 0 Å². The Morgan fingerprint density at radius 1 is 1.60 bits per heavy atom. The second-order valence-electron chi connectivity index (χ2n) is 3.01. The van der Waals surface area contributed by atoms with Crippen molar-refractivity contribution in [1.29, 1.82) is 0 Å². The van der Waals surface area contributed by atoms with E-state index in [1.165, 1.54) is 6.92 Å². The molecule has 4 N–H and O–H groups in total. The number of aliphatic hydroxyl groups excluding tert-OH is 1. The van der Waals surface area contributed by atoms with E-state index in [9.17, 15) is 4.79 Å². The molecule has 0 aromatic heterocycles. The number of nitrogens with one attached hydrogen (secondary N) is 1. The van der Waals surface area contributed by atoms with Gasteiger partial charge in [-0.15, -0.1) is 0 Å². The number of nitrogen functional groups attached to an aromatic ring is 1. The molecular formula is C10H14N2O3. The van der Waals surface area contributed by atoms with Gasteiger partial charge in [-0.25, -0.2) is 0 Å². The van der Waals surface area contributed by atoms with E-state index in [-0.39, 0.29) is 19.1 Å². The molecule has 1 aromatic carbocycles. The average Bonchev–Trinajstić information content (AvgIpc) is 2.16. The van der Waals surface area contributed by atoms with Crippen LogP contribution in [-0.4, -0.2) is 24.2 Å². The van der Waals surface area contributed by atoms with Gasteiger partial charge in [-0.05, 0) is 18.2 Å². The number of nitrogens with two attached hydrogens (primary N) is 1. The molecule has 0 heterocycles. The van der Waals surface area contributed by atoms with Gasteiger partial charge in [-0.3, -0.25) is 4.79 Å². The van der Waals surface area contributed by atoms with Crippen LogP contribution in [0.4, 0.5) is 11.4 Å². The van der Waals surface area contributed by atoms with Crippen LogP contribution >= 0.6 is 0 Å². The summed E-state index contributed by atoms with van der Waals surface area (Å²) in [6.07, 6.45) is 0. The molecule has 0 aliphatic carbocycles. The lowest BCUT2D eigenvalue weighted by Crippen LogP contribution is -2.09. The second-order valence-corrected chi connectivity index (χ2v) is 3.01. The fraction of sp³-hybridized carbons (Fsp3) is 0.300. The summed E-state index contributed by atoms with van der Waals surface area (Å²) in [5, 5.41) is 11.2. The largest absolute Gasteiger partial charge is 0.489 e. The molecule has 0 saturated heterocycles. The fourth-order valence-corrected chi connectivity index (χ4v) is 1.12. The lowest BCUT2D eigenvalue weighted by atomic mass is 10.2. The van der Waals surface area contributed by atoms with E-state index >= 15 is 0 Å². The summed E-state index contributed by atoms with van der Waals surface area (Å²) in [5.74, 6) is 0.294. The van der Waals surface area contributed by atoms with Crippen LogP contribution < -0.4 is 15.8 Å². The van der Waals surface area contributed by atoms with Crippen molar-refractivity contribution < 1.29 is 14.6 Å². The normalized spacial score (nSPS) is 9.73.